The van der Waals surface area contributed by atoms with Crippen LogP contribution in [0.1, 0.15) is 81.8 Å². The predicted molar refractivity (Wildman–Crippen MR) is 183 cm³/mol. The van der Waals surface area contributed by atoms with Crippen LogP contribution in [0.2, 0.25) is 0 Å². The van der Waals surface area contributed by atoms with Crippen LogP contribution in [0, 0.1) is 0 Å². The summed E-state index contributed by atoms with van der Waals surface area (Å²) in [5.41, 5.74) is 3.17. The lowest BCUT2D eigenvalue weighted by molar-refractivity contribution is -0.145. The first-order valence-corrected chi connectivity index (χ1v) is 17.3. The van der Waals surface area contributed by atoms with E-state index in [9.17, 15) is 19.5 Å². The van der Waals surface area contributed by atoms with Crippen molar-refractivity contribution in [1.82, 2.24) is 10.6 Å². The fourth-order valence-electron chi connectivity index (χ4n) is 5.16. The number of aryl methyl sites for hydroxylation is 1. The van der Waals surface area contributed by atoms with Crippen molar-refractivity contribution < 1.29 is 24.2 Å². The van der Waals surface area contributed by atoms with Crippen LogP contribution < -0.4 is 15.5 Å². The molecule has 10 heteroatoms. The van der Waals surface area contributed by atoms with E-state index < -0.39 is 12.0 Å². The van der Waals surface area contributed by atoms with Crippen LogP contribution in [0.5, 0.6) is 5.75 Å². The first kappa shape index (κ1) is 38.2. The smallest absolute Gasteiger partial charge is 0.328 e. The van der Waals surface area contributed by atoms with E-state index in [1.165, 1.54) is 12.7 Å². The molecule has 1 atom stereocenters. The molecule has 0 aliphatic heterocycles. The highest BCUT2D eigenvalue weighted by atomic mass is 35.5. The molecule has 0 heterocycles. The second-order valence-electron chi connectivity index (χ2n) is 11.3. The number of hydrogen-bond donors (Lipinski definition) is 3. The zero-order valence-electron chi connectivity index (χ0n) is 26.7. The Morgan fingerprint density at radius 3 is 1.91 bits per heavy atom. The summed E-state index contributed by atoms with van der Waals surface area (Å²) >= 11 is 11.8. The van der Waals surface area contributed by atoms with Crippen molar-refractivity contribution in [3.8, 4) is 5.75 Å². The van der Waals surface area contributed by atoms with Gasteiger partial charge in [0, 0.05) is 56.3 Å². The summed E-state index contributed by atoms with van der Waals surface area (Å²) in [5.74, 6) is 0.745. The van der Waals surface area contributed by atoms with Gasteiger partial charge in [-0.05, 0) is 61.1 Å². The lowest BCUT2D eigenvalue weighted by Crippen LogP contribution is -2.43. The molecule has 0 radical (unpaired) electrons. The van der Waals surface area contributed by atoms with E-state index in [1.807, 2.05) is 0 Å². The number of rotatable bonds is 24. The monoisotopic (exact) mass is 663 g/mol. The van der Waals surface area contributed by atoms with E-state index in [-0.39, 0.29) is 17.6 Å². The van der Waals surface area contributed by atoms with Gasteiger partial charge in [0.25, 0.3) is 0 Å². The number of alkyl halides is 2. The number of esters is 1. The third kappa shape index (κ3) is 16.8. The number of aromatic hydroxyl groups is 1. The lowest BCUT2D eigenvalue weighted by atomic mass is 10.0. The molecule has 0 bridgehead atoms. The van der Waals surface area contributed by atoms with Crippen molar-refractivity contribution in [2.75, 3.05) is 43.4 Å². The number of nitrogens with one attached hydrogen (secondary N) is 2. The molecule has 0 aliphatic carbocycles. The van der Waals surface area contributed by atoms with Gasteiger partial charge in [-0.25, -0.2) is 4.79 Å². The average molecular weight is 665 g/mol. The first-order valence-electron chi connectivity index (χ1n) is 16.2. The zero-order chi connectivity index (χ0) is 32.7. The number of anilines is 1. The SMILES string of the molecule is COC(=O)[C@@H](Cc1ccc(O)cc1)NC(=O)CCCCCCCCCCNC(=O)CCCc1ccc(N(CCCl)CCCl)cc1. The molecule has 45 heavy (non-hydrogen) atoms. The Balaban J connectivity index is 1.46. The van der Waals surface area contributed by atoms with Gasteiger partial charge in [-0.1, -0.05) is 62.8 Å². The molecule has 2 rings (SSSR count). The Morgan fingerprint density at radius 2 is 1.31 bits per heavy atom. The minimum Gasteiger partial charge on any atom is -0.508 e. The number of halogens is 2. The van der Waals surface area contributed by atoms with Gasteiger partial charge in [-0.2, -0.15) is 0 Å². The van der Waals surface area contributed by atoms with Crippen LogP contribution >= 0.6 is 23.2 Å². The lowest BCUT2D eigenvalue weighted by Gasteiger charge is -2.23. The number of phenols is 1. The number of amides is 2. The fourth-order valence-corrected chi connectivity index (χ4v) is 5.57. The summed E-state index contributed by atoms with van der Waals surface area (Å²) < 4.78 is 4.85. The molecule has 0 saturated carbocycles. The van der Waals surface area contributed by atoms with Crippen LogP contribution in [-0.2, 0) is 32.0 Å². The summed E-state index contributed by atoms with van der Waals surface area (Å²) in [6.07, 6.45) is 11.2. The van der Waals surface area contributed by atoms with E-state index in [1.54, 1.807) is 24.3 Å². The van der Waals surface area contributed by atoms with Crippen LogP contribution in [0.15, 0.2) is 48.5 Å². The van der Waals surface area contributed by atoms with Gasteiger partial charge in [-0.3, -0.25) is 9.59 Å². The molecule has 2 aromatic carbocycles. The van der Waals surface area contributed by atoms with Crippen molar-refractivity contribution in [3.05, 3.63) is 59.7 Å². The van der Waals surface area contributed by atoms with Crippen molar-refractivity contribution >= 4 is 46.7 Å². The van der Waals surface area contributed by atoms with Crippen molar-refractivity contribution in [2.45, 2.75) is 89.5 Å². The molecule has 0 fully saturated rings. The number of carbonyl (C=O) groups is 3. The first-order chi connectivity index (χ1) is 21.9. The van der Waals surface area contributed by atoms with Gasteiger partial charge in [0.15, 0.2) is 0 Å². The normalized spacial score (nSPS) is 11.5. The molecule has 8 nitrogen and oxygen atoms in total. The summed E-state index contributed by atoms with van der Waals surface area (Å²) in [4.78, 5) is 38.9. The Kier molecular flexibility index (Phi) is 19.9. The number of hydrogen-bond acceptors (Lipinski definition) is 6. The van der Waals surface area contributed by atoms with Crippen molar-refractivity contribution in [1.29, 1.82) is 0 Å². The van der Waals surface area contributed by atoms with E-state index in [0.717, 1.165) is 95.1 Å². The Morgan fingerprint density at radius 1 is 0.756 bits per heavy atom. The molecule has 2 aromatic rings. The quantitative estimate of drug-likeness (QED) is 0.0670. The van der Waals surface area contributed by atoms with E-state index in [0.29, 0.717) is 31.0 Å². The molecule has 250 valence electrons. The number of phenolic OH excluding ortho intramolecular Hbond substituents is 1. The number of benzene rings is 2. The van der Waals surface area contributed by atoms with Crippen molar-refractivity contribution in [2.24, 2.45) is 0 Å². The number of ether oxygens (including phenoxy) is 1. The topological polar surface area (TPSA) is 108 Å². The highest BCUT2D eigenvalue weighted by molar-refractivity contribution is 6.18. The molecule has 3 N–H and O–H groups in total. The minimum atomic E-state index is -0.750. The van der Waals surface area contributed by atoms with Crippen LogP contribution in [-0.4, -0.2) is 67.4 Å². The molecule has 0 saturated heterocycles. The molecule has 2 amide bonds. The van der Waals surface area contributed by atoms with Gasteiger partial charge < -0.3 is 25.4 Å². The third-order valence-electron chi connectivity index (χ3n) is 7.73. The largest absolute Gasteiger partial charge is 0.508 e. The standard InChI is InChI=1S/C35H51Cl2N3O5/c1-45-35(44)32(27-29-16-20-31(41)21-17-29)39-34(43)12-8-6-4-2-3-5-7-9-24-38-33(42)13-10-11-28-14-18-30(19-15-28)40(25-22-36)26-23-37/h14-21,32,41H,2-13,22-27H2,1H3,(H,38,42)(H,39,43)/t32-/m1/s1. The average Bonchev–Trinajstić information content (AvgIpc) is 3.04. The van der Waals surface area contributed by atoms with Gasteiger partial charge in [0.1, 0.15) is 11.8 Å². The summed E-state index contributed by atoms with van der Waals surface area (Å²) in [5, 5.41) is 15.3. The Labute approximate surface area is 279 Å². The van der Waals surface area contributed by atoms with Gasteiger partial charge in [0.2, 0.25) is 11.8 Å². The summed E-state index contributed by atoms with van der Waals surface area (Å²) in [6, 6.07) is 14.2. The van der Waals surface area contributed by atoms with Crippen LogP contribution in [0.25, 0.3) is 0 Å². The van der Waals surface area contributed by atoms with Crippen molar-refractivity contribution in [3.63, 3.8) is 0 Å². The second-order valence-corrected chi connectivity index (χ2v) is 12.1. The number of methoxy groups -OCH3 is 1. The fraction of sp³-hybridized carbons (Fsp3) is 0.571. The highest BCUT2D eigenvalue weighted by Crippen LogP contribution is 2.17. The molecule has 0 aromatic heterocycles. The number of nitrogens with zero attached hydrogens (tertiary/aromatic N) is 1. The molecule has 0 spiro atoms. The van der Waals surface area contributed by atoms with E-state index >= 15 is 0 Å². The van der Waals surface area contributed by atoms with Crippen LogP contribution in [0.3, 0.4) is 0 Å². The molecular weight excluding hydrogens is 613 g/mol. The van der Waals surface area contributed by atoms with Crippen LogP contribution in [0.4, 0.5) is 5.69 Å². The maximum atomic E-state index is 12.4. The molecule has 0 unspecified atom stereocenters. The number of carbonyl (C=O) groups excluding carboxylic acids is 3. The Hall–Kier alpha value is -2.97. The predicted octanol–water partition coefficient (Wildman–Crippen LogP) is 6.53. The summed E-state index contributed by atoms with van der Waals surface area (Å²) in [6.45, 7) is 2.25. The van der Waals surface area contributed by atoms with Gasteiger partial charge in [-0.15, -0.1) is 23.2 Å². The maximum Gasteiger partial charge on any atom is 0.328 e. The number of unbranched alkanes of at least 4 members (excludes halogenated alkanes) is 7. The molecule has 0 aliphatic rings. The maximum absolute atomic E-state index is 12.4. The highest BCUT2D eigenvalue weighted by Gasteiger charge is 2.21. The van der Waals surface area contributed by atoms with E-state index in [4.69, 9.17) is 27.9 Å². The Bertz CT molecular complexity index is 1110. The third-order valence-corrected chi connectivity index (χ3v) is 8.07. The minimum absolute atomic E-state index is 0.115. The van der Waals surface area contributed by atoms with E-state index in [2.05, 4.69) is 39.8 Å². The molecular formula is C35H51Cl2N3O5. The second kappa shape index (κ2) is 23.4. The zero-order valence-corrected chi connectivity index (χ0v) is 28.2. The van der Waals surface area contributed by atoms with Gasteiger partial charge >= 0.3 is 5.97 Å². The summed E-state index contributed by atoms with van der Waals surface area (Å²) in [7, 11) is 1.31. The van der Waals surface area contributed by atoms with Gasteiger partial charge in [0.05, 0.1) is 7.11 Å².